The van der Waals surface area contributed by atoms with Gasteiger partial charge in [0.2, 0.25) is 5.91 Å². The Morgan fingerprint density at radius 3 is 2.80 bits per heavy atom. The number of rotatable bonds is 4. The quantitative estimate of drug-likeness (QED) is 0.902. The number of amides is 1. The summed E-state index contributed by atoms with van der Waals surface area (Å²) in [5.41, 5.74) is 6.19. The number of carbonyl (C=O) groups is 1. The number of hydrogen-bond acceptors (Lipinski definition) is 3. The second kappa shape index (κ2) is 5.11. The van der Waals surface area contributed by atoms with Gasteiger partial charge in [-0.1, -0.05) is 0 Å². The number of aromatic nitrogens is 1. The lowest BCUT2D eigenvalue weighted by molar-refractivity contribution is -0.116. The third-order valence-electron chi connectivity index (χ3n) is 2.05. The van der Waals surface area contributed by atoms with Crippen molar-refractivity contribution in [3.63, 3.8) is 0 Å². The van der Waals surface area contributed by atoms with Crippen molar-refractivity contribution in [3.05, 3.63) is 22.3 Å². The molecule has 0 radical (unpaired) electrons. The van der Waals surface area contributed by atoms with Gasteiger partial charge in [-0.2, -0.15) is 0 Å². The summed E-state index contributed by atoms with van der Waals surface area (Å²) in [5.74, 6) is 0.459. The first kappa shape index (κ1) is 12.0. The summed E-state index contributed by atoms with van der Waals surface area (Å²) in [7, 11) is 0. The van der Waals surface area contributed by atoms with Crippen molar-refractivity contribution in [3.8, 4) is 0 Å². The second-order valence-electron chi connectivity index (χ2n) is 3.27. The standard InChI is InChI=1S/C10H14BrN3O/c1-3-14(6-9(12)15)10-7(2)4-8(11)5-13-10/h4-5H,3,6H2,1-2H3,(H2,12,15). The molecule has 0 aliphatic heterocycles. The maximum absolute atomic E-state index is 10.9. The Balaban J connectivity index is 2.96. The zero-order chi connectivity index (χ0) is 11.4. The molecule has 0 bridgehead atoms. The number of halogens is 1. The smallest absolute Gasteiger partial charge is 0.236 e. The van der Waals surface area contributed by atoms with Gasteiger partial charge in [-0.15, -0.1) is 0 Å². The van der Waals surface area contributed by atoms with Gasteiger partial charge in [0.1, 0.15) is 5.82 Å². The van der Waals surface area contributed by atoms with Crippen LogP contribution in [0.25, 0.3) is 0 Å². The second-order valence-corrected chi connectivity index (χ2v) is 4.19. The lowest BCUT2D eigenvalue weighted by Gasteiger charge is -2.21. The van der Waals surface area contributed by atoms with Gasteiger partial charge in [-0.3, -0.25) is 4.79 Å². The summed E-state index contributed by atoms with van der Waals surface area (Å²) >= 11 is 3.35. The lowest BCUT2D eigenvalue weighted by atomic mass is 10.2. The number of aryl methyl sites for hydroxylation is 1. The van der Waals surface area contributed by atoms with Gasteiger partial charge in [0.15, 0.2) is 0 Å². The highest BCUT2D eigenvalue weighted by molar-refractivity contribution is 9.10. The van der Waals surface area contributed by atoms with Gasteiger partial charge < -0.3 is 10.6 Å². The van der Waals surface area contributed by atoms with Gasteiger partial charge in [-0.25, -0.2) is 4.98 Å². The zero-order valence-electron chi connectivity index (χ0n) is 8.83. The molecule has 0 saturated carbocycles. The number of carbonyl (C=O) groups excluding carboxylic acids is 1. The highest BCUT2D eigenvalue weighted by Crippen LogP contribution is 2.20. The van der Waals surface area contributed by atoms with E-state index < -0.39 is 0 Å². The average molecular weight is 272 g/mol. The summed E-state index contributed by atoms with van der Waals surface area (Å²) in [6, 6.07) is 1.96. The fourth-order valence-corrected chi connectivity index (χ4v) is 1.83. The molecule has 0 fully saturated rings. The lowest BCUT2D eigenvalue weighted by Crippen LogP contribution is -2.34. The van der Waals surface area contributed by atoms with E-state index in [2.05, 4.69) is 20.9 Å². The Labute approximate surface area is 97.6 Å². The molecule has 1 heterocycles. The molecule has 0 unspecified atom stereocenters. The molecule has 4 nitrogen and oxygen atoms in total. The molecule has 2 N–H and O–H groups in total. The Bertz CT molecular complexity index is 368. The van der Waals surface area contributed by atoms with Crippen molar-refractivity contribution < 1.29 is 4.79 Å². The number of nitrogens with zero attached hydrogens (tertiary/aromatic N) is 2. The van der Waals surface area contributed by atoms with Gasteiger partial charge in [-0.05, 0) is 41.4 Å². The topological polar surface area (TPSA) is 59.2 Å². The molecule has 0 saturated heterocycles. The first-order valence-corrected chi connectivity index (χ1v) is 5.49. The van der Waals surface area contributed by atoms with E-state index in [9.17, 15) is 4.79 Å². The molecule has 0 atom stereocenters. The Kier molecular flexibility index (Phi) is 4.08. The van der Waals surface area contributed by atoms with E-state index in [1.807, 2.05) is 24.8 Å². The van der Waals surface area contributed by atoms with E-state index in [4.69, 9.17) is 5.73 Å². The number of anilines is 1. The summed E-state index contributed by atoms with van der Waals surface area (Å²) in [5, 5.41) is 0. The predicted molar refractivity (Wildman–Crippen MR) is 63.8 cm³/mol. The van der Waals surface area contributed by atoms with E-state index >= 15 is 0 Å². The van der Waals surface area contributed by atoms with Crippen molar-refractivity contribution in [2.24, 2.45) is 5.73 Å². The molecule has 0 aliphatic carbocycles. The van der Waals surface area contributed by atoms with Gasteiger partial charge in [0.25, 0.3) is 0 Å². The molecular weight excluding hydrogens is 258 g/mol. The summed E-state index contributed by atoms with van der Waals surface area (Å²) in [6.45, 7) is 4.83. The zero-order valence-corrected chi connectivity index (χ0v) is 10.4. The number of hydrogen-bond donors (Lipinski definition) is 1. The number of nitrogens with two attached hydrogens (primary N) is 1. The Morgan fingerprint density at radius 1 is 1.67 bits per heavy atom. The van der Waals surface area contributed by atoms with Gasteiger partial charge in [0.05, 0.1) is 6.54 Å². The highest BCUT2D eigenvalue weighted by atomic mass is 79.9. The molecule has 1 aromatic heterocycles. The van der Waals surface area contributed by atoms with Crippen molar-refractivity contribution >= 4 is 27.7 Å². The van der Waals surface area contributed by atoms with Gasteiger partial charge in [0, 0.05) is 17.2 Å². The van der Waals surface area contributed by atoms with E-state index in [0.717, 1.165) is 15.9 Å². The Morgan fingerprint density at radius 2 is 2.33 bits per heavy atom. The molecule has 1 rings (SSSR count). The molecule has 0 aromatic carbocycles. The fourth-order valence-electron chi connectivity index (χ4n) is 1.39. The van der Waals surface area contributed by atoms with Crippen LogP contribution >= 0.6 is 15.9 Å². The number of pyridine rings is 1. The summed E-state index contributed by atoms with van der Waals surface area (Å²) < 4.78 is 0.930. The van der Waals surface area contributed by atoms with Crippen molar-refractivity contribution in [2.75, 3.05) is 18.0 Å². The van der Waals surface area contributed by atoms with Crippen LogP contribution in [0, 0.1) is 6.92 Å². The van der Waals surface area contributed by atoms with Crippen LogP contribution in [-0.2, 0) is 4.79 Å². The normalized spacial score (nSPS) is 10.1. The minimum atomic E-state index is -0.346. The monoisotopic (exact) mass is 271 g/mol. The molecule has 0 aliphatic rings. The first-order chi connectivity index (χ1) is 7.04. The highest BCUT2D eigenvalue weighted by Gasteiger charge is 2.11. The predicted octanol–water partition coefficient (Wildman–Crippen LogP) is 1.46. The minimum Gasteiger partial charge on any atom is -0.368 e. The van der Waals surface area contributed by atoms with Gasteiger partial charge >= 0.3 is 0 Å². The van der Waals surface area contributed by atoms with Crippen molar-refractivity contribution in [1.29, 1.82) is 0 Å². The Hall–Kier alpha value is -1.10. The molecule has 1 amide bonds. The van der Waals surface area contributed by atoms with Crippen LogP contribution in [0.5, 0.6) is 0 Å². The molecule has 0 spiro atoms. The SMILES string of the molecule is CCN(CC(N)=O)c1ncc(Br)cc1C. The molecule has 82 valence electrons. The van der Waals surface area contributed by atoms with Crippen LogP contribution < -0.4 is 10.6 Å². The third kappa shape index (κ3) is 3.20. The van der Waals surface area contributed by atoms with Crippen LogP contribution in [-0.4, -0.2) is 24.0 Å². The van der Waals surface area contributed by atoms with Crippen LogP contribution in [0.2, 0.25) is 0 Å². The largest absolute Gasteiger partial charge is 0.368 e. The molecule has 1 aromatic rings. The van der Waals surface area contributed by atoms with E-state index in [0.29, 0.717) is 6.54 Å². The summed E-state index contributed by atoms with van der Waals surface area (Å²) in [6.07, 6.45) is 1.71. The minimum absolute atomic E-state index is 0.200. The maximum atomic E-state index is 10.9. The van der Waals surface area contributed by atoms with Crippen molar-refractivity contribution in [1.82, 2.24) is 4.98 Å². The van der Waals surface area contributed by atoms with Crippen molar-refractivity contribution in [2.45, 2.75) is 13.8 Å². The average Bonchev–Trinajstić information content (AvgIpc) is 2.14. The van der Waals surface area contributed by atoms with Crippen LogP contribution in [0.15, 0.2) is 16.7 Å². The van der Waals surface area contributed by atoms with Crippen LogP contribution in [0.1, 0.15) is 12.5 Å². The molecular formula is C10H14BrN3O. The van der Waals surface area contributed by atoms with E-state index in [1.54, 1.807) is 6.20 Å². The number of primary amides is 1. The first-order valence-electron chi connectivity index (χ1n) is 4.70. The van der Waals surface area contributed by atoms with Crippen LogP contribution in [0.4, 0.5) is 5.82 Å². The molecule has 5 heteroatoms. The molecule has 15 heavy (non-hydrogen) atoms. The third-order valence-corrected chi connectivity index (χ3v) is 2.48. The summed E-state index contributed by atoms with van der Waals surface area (Å²) in [4.78, 5) is 17.0. The van der Waals surface area contributed by atoms with Crippen LogP contribution in [0.3, 0.4) is 0 Å². The van der Waals surface area contributed by atoms with E-state index in [-0.39, 0.29) is 12.5 Å². The fraction of sp³-hybridized carbons (Fsp3) is 0.400. The maximum Gasteiger partial charge on any atom is 0.236 e. The van der Waals surface area contributed by atoms with E-state index in [1.165, 1.54) is 0 Å². The number of likely N-dealkylation sites (N-methyl/N-ethyl adjacent to an activating group) is 1.